The first-order chi connectivity index (χ1) is 21.7. The van der Waals surface area contributed by atoms with Gasteiger partial charge in [0.05, 0.1) is 17.1 Å². The highest BCUT2D eigenvalue weighted by Crippen LogP contribution is 2.63. The molecule has 0 radical (unpaired) electrons. The van der Waals surface area contributed by atoms with E-state index in [0.717, 1.165) is 73.8 Å². The first-order valence-corrected chi connectivity index (χ1v) is 16.9. The zero-order valence-corrected chi connectivity index (χ0v) is 27.0. The third kappa shape index (κ3) is 5.73. The van der Waals surface area contributed by atoms with E-state index in [1.54, 1.807) is 6.08 Å². The molecule has 6 nitrogen and oxygen atoms in total. The van der Waals surface area contributed by atoms with Gasteiger partial charge in [-0.3, -0.25) is 4.79 Å². The molecular formula is C37H43ClFN3O3. The molecule has 2 aromatic rings. The van der Waals surface area contributed by atoms with E-state index in [-0.39, 0.29) is 17.1 Å². The van der Waals surface area contributed by atoms with Crippen LogP contribution in [0.3, 0.4) is 0 Å². The van der Waals surface area contributed by atoms with Gasteiger partial charge < -0.3 is 24.6 Å². The monoisotopic (exact) mass is 631 g/mol. The van der Waals surface area contributed by atoms with Gasteiger partial charge in [0, 0.05) is 48.5 Å². The van der Waals surface area contributed by atoms with Crippen LogP contribution in [0.15, 0.2) is 72.1 Å². The lowest BCUT2D eigenvalue weighted by atomic mass is 9.80. The average Bonchev–Trinajstić information content (AvgIpc) is 3.55. The number of nitrogens with zero attached hydrogens (tertiary/aromatic N) is 2. The van der Waals surface area contributed by atoms with Crippen molar-refractivity contribution in [2.75, 3.05) is 41.4 Å². The number of para-hydroxylation sites is 1. The number of carbonyl (C=O) groups excluding carboxylic acids is 1. The van der Waals surface area contributed by atoms with Crippen LogP contribution in [-0.2, 0) is 0 Å². The van der Waals surface area contributed by atoms with Crippen molar-refractivity contribution >= 4 is 34.4 Å². The molecule has 3 unspecified atom stereocenters. The summed E-state index contributed by atoms with van der Waals surface area (Å²) in [7, 11) is 0. The zero-order chi connectivity index (χ0) is 31.3. The molecule has 3 aliphatic heterocycles. The summed E-state index contributed by atoms with van der Waals surface area (Å²) >= 11 is 6.08. The molecule has 1 saturated heterocycles. The van der Waals surface area contributed by atoms with Crippen molar-refractivity contribution in [2.24, 2.45) is 17.3 Å². The van der Waals surface area contributed by atoms with Gasteiger partial charge >= 0.3 is 0 Å². The molecule has 238 valence electrons. The fraction of sp³-hybridized carbons (Fsp3) is 0.486. The zero-order valence-electron chi connectivity index (χ0n) is 26.3. The van der Waals surface area contributed by atoms with Crippen LogP contribution >= 0.6 is 11.6 Å². The van der Waals surface area contributed by atoms with Crippen molar-refractivity contribution in [1.82, 2.24) is 0 Å². The smallest absolute Gasteiger partial charge is 0.185 e. The number of hydrogen-bond acceptors (Lipinski definition) is 6. The Hall–Kier alpha value is -3.45. The minimum atomic E-state index is -0.578. The summed E-state index contributed by atoms with van der Waals surface area (Å²) in [5.74, 6) is 2.09. The minimum absolute atomic E-state index is 0.217. The molecule has 0 amide bonds. The number of allylic oxidation sites excluding steroid dienone is 4. The van der Waals surface area contributed by atoms with Crippen LogP contribution in [-0.4, -0.2) is 43.8 Å². The molecule has 3 atom stereocenters. The number of anilines is 3. The molecule has 8 heteroatoms. The van der Waals surface area contributed by atoms with E-state index < -0.39 is 11.4 Å². The molecule has 2 aliphatic carbocycles. The van der Waals surface area contributed by atoms with Gasteiger partial charge in [0.2, 0.25) is 0 Å². The van der Waals surface area contributed by atoms with Crippen molar-refractivity contribution in [3.05, 3.63) is 77.6 Å². The fourth-order valence-electron chi connectivity index (χ4n) is 7.81. The summed E-state index contributed by atoms with van der Waals surface area (Å²) in [6.07, 6.45) is 12.3. The maximum absolute atomic E-state index is 13.1. The maximum Gasteiger partial charge on any atom is 0.185 e. The Morgan fingerprint density at radius 1 is 1.20 bits per heavy atom. The van der Waals surface area contributed by atoms with Gasteiger partial charge in [0.25, 0.3) is 0 Å². The molecule has 45 heavy (non-hydrogen) atoms. The summed E-state index contributed by atoms with van der Waals surface area (Å²) in [5, 5.41) is 4.13. The van der Waals surface area contributed by atoms with Gasteiger partial charge in [-0.15, -0.1) is 0 Å². The van der Waals surface area contributed by atoms with E-state index in [1.165, 1.54) is 24.6 Å². The number of fused-ring (bicyclic) bond motifs is 2. The Kier molecular flexibility index (Phi) is 7.87. The second-order valence-corrected chi connectivity index (χ2v) is 14.2. The Bertz CT molecular complexity index is 1560. The Morgan fingerprint density at radius 3 is 2.71 bits per heavy atom. The molecule has 3 fully saturated rings. The van der Waals surface area contributed by atoms with E-state index >= 15 is 0 Å². The third-order valence-electron chi connectivity index (χ3n) is 10.7. The highest BCUT2D eigenvalue weighted by Gasteiger charge is 2.60. The Morgan fingerprint density at radius 2 is 2.00 bits per heavy atom. The number of rotatable bonds is 9. The number of halogens is 2. The number of ketones is 1. The summed E-state index contributed by atoms with van der Waals surface area (Å²) in [6.45, 7) is 10.7. The standard InChI is InChI=1S/C37H43ClFN3O3/c1-4-42-31-21-26(33(43)25-8-5-9-25)13-14-29(31)40-35(42)28-22-37(28)16-18-41(19-17-37)30-11-6-12-32-34(30)45-36(3,23-44-32)15-7-10-27(38)20-24(2)39/h6-7,10-14,20-21,25,28,35,40H,2,4-5,8-9,15-19,22-23H2,1,3H3/b10-7-,27-20+. The number of ether oxygens (including phenoxy) is 2. The molecule has 2 aromatic carbocycles. The van der Waals surface area contributed by atoms with E-state index in [1.807, 2.05) is 31.2 Å². The lowest BCUT2D eigenvalue weighted by Gasteiger charge is -2.40. The van der Waals surface area contributed by atoms with Crippen molar-refractivity contribution in [1.29, 1.82) is 0 Å². The van der Waals surface area contributed by atoms with Crippen LogP contribution in [0.5, 0.6) is 11.5 Å². The van der Waals surface area contributed by atoms with Crippen molar-refractivity contribution in [3.63, 3.8) is 0 Å². The lowest BCUT2D eigenvalue weighted by molar-refractivity contribution is 0.00903. The van der Waals surface area contributed by atoms with E-state index in [2.05, 4.69) is 46.8 Å². The average molecular weight is 632 g/mol. The number of carbonyl (C=O) groups is 1. The molecule has 1 spiro atoms. The quantitative estimate of drug-likeness (QED) is 0.221. The van der Waals surface area contributed by atoms with Gasteiger partial charge in [-0.25, -0.2) is 4.39 Å². The number of piperidine rings is 1. The second-order valence-electron chi connectivity index (χ2n) is 13.8. The van der Waals surface area contributed by atoms with Crippen molar-refractivity contribution in [3.8, 4) is 11.5 Å². The molecule has 3 heterocycles. The van der Waals surface area contributed by atoms with Gasteiger partial charge in [0.15, 0.2) is 17.3 Å². The van der Waals surface area contributed by atoms with E-state index in [4.69, 9.17) is 21.1 Å². The van der Waals surface area contributed by atoms with Gasteiger partial charge in [0.1, 0.15) is 24.2 Å². The predicted octanol–water partition coefficient (Wildman–Crippen LogP) is 8.64. The Balaban J connectivity index is 1.01. The predicted molar refractivity (Wildman–Crippen MR) is 179 cm³/mol. The normalized spacial score (nSPS) is 26.9. The highest BCUT2D eigenvalue weighted by molar-refractivity contribution is 6.31. The SMILES string of the molecule is C=C(F)/C=C(Cl)\C=C/CC1(C)COc2cccc(N3CCC4(CC3)CC4C3Nc4ccc(C(=O)C5CCC5)cc4N3CC)c2O1. The molecule has 0 aromatic heterocycles. The van der Waals surface area contributed by atoms with Crippen LogP contribution in [0.2, 0.25) is 0 Å². The van der Waals surface area contributed by atoms with Crippen molar-refractivity contribution in [2.45, 2.75) is 70.6 Å². The first-order valence-electron chi connectivity index (χ1n) is 16.5. The molecular weight excluding hydrogens is 589 g/mol. The van der Waals surface area contributed by atoms with Crippen LogP contribution < -0.4 is 24.6 Å². The van der Waals surface area contributed by atoms with E-state index in [0.29, 0.717) is 30.1 Å². The molecule has 1 N–H and O–H groups in total. The largest absolute Gasteiger partial charge is 0.485 e. The van der Waals surface area contributed by atoms with Gasteiger partial charge in [-0.05, 0) is 93.9 Å². The van der Waals surface area contributed by atoms with Gasteiger partial charge in [-0.1, -0.05) is 36.7 Å². The molecule has 5 aliphatic rings. The highest BCUT2D eigenvalue weighted by atomic mass is 35.5. The summed E-state index contributed by atoms with van der Waals surface area (Å²) in [4.78, 5) is 17.9. The van der Waals surface area contributed by atoms with Gasteiger partial charge in [-0.2, -0.15) is 0 Å². The Labute approximate surface area is 270 Å². The first kappa shape index (κ1) is 30.2. The van der Waals surface area contributed by atoms with Crippen molar-refractivity contribution < 1.29 is 18.7 Å². The van der Waals surface area contributed by atoms with Crippen LogP contribution in [0.25, 0.3) is 0 Å². The number of Topliss-reactive ketones (excluding diaryl/α,β-unsaturated/α-hetero) is 1. The van der Waals surface area contributed by atoms with Crippen LogP contribution in [0.1, 0.15) is 69.2 Å². The maximum atomic E-state index is 13.1. The number of benzene rings is 2. The number of nitrogens with one attached hydrogen (secondary N) is 1. The van der Waals surface area contributed by atoms with Crippen LogP contribution in [0, 0.1) is 17.3 Å². The fourth-order valence-corrected chi connectivity index (χ4v) is 8.02. The molecule has 2 saturated carbocycles. The van der Waals surface area contributed by atoms with Crippen LogP contribution in [0.4, 0.5) is 21.5 Å². The molecule has 0 bridgehead atoms. The lowest BCUT2D eigenvalue weighted by Crippen LogP contribution is -2.43. The summed E-state index contributed by atoms with van der Waals surface area (Å²) in [5.41, 5.74) is 4.04. The third-order valence-corrected chi connectivity index (χ3v) is 11.0. The second kappa shape index (κ2) is 11.7. The molecule has 7 rings (SSSR count). The topological polar surface area (TPSA) is 54.0 Å². The summed E-state index contributed by atoms with van der Waals surface area (Å²) < 4.78 is 25.9. The van der Waals surface area contributed by atoms with E-state index in [9.17, 15) is 9.18 Å². The minimum Gasteiger partial charge on any atom is -0.485 e. The summed E-state index contributed by atoms with van der Waals surface area (Å²) in [6, 6.07) is 12.4. The number of hydrogen-bond donors (Lipinski definition) is 1.